The number of carbonyl (C=O) groups is 1. The van der Waals surface area contributed by atoms with E-state index >= 15 is 0 Å². The maximum atomic E-state index is 11.5. The predicted molar refractivity (Wildman–Crippen MR) is 72.2 cm³/mol. The molecule has 0 aliphatic heterocycles. The summed E-state index contributed by atoms with van der Waals surface area (Å²) in [6.07, 6.45) is 1.27. The molecule has 0 bridgehead atoms. The molecule has 0 saturated heterocycles. The highest BCUT2D eigenvalue weighted by molar-refractivity contribution is 7.99. The second kappa shape index (κ2) is 8.50. The third-order valence-corrected chi connectivity index (χ3v) is 3.28. The lowest BCUT2D eigenvalue weighted by atomic mass is 10.4. The number of hydrogen-bond acceptors (Lipinski definition) is 6. The Morgan fingerprint density at radius 1 is 1.58 bits per heavy atom. The number of amides is 1. The largest absolute Gasteiger partial charge is 0.354 e. The van der Waals surface area contributed by atoms with Crippen LogP contribution in [0, 0.1) is 11.3 Å². The molecule has 1 rings (SSSR count). The fraction of sp³-hybridized carbons (Fsp3) is 0.636. The van der Waals surface area contributed by atoms with Crippen LogP contribution in [-0.4, -0.2) is 33.0 Å². The maximum Gasteiger partial charge on any atom is 0.230 e. The van der Waals surface area contributed by atoms with Crippen molar-refractivity contribution in [2.45, 2.75) is 38.0 Å². The van der Waals surface area contributed by atoms with Gasteiger partial charge in [-0.15, -0.1) is 10.2 Å². The van der Waals surface area contributed by atoms with Crippen molar-refractivity contribution in [2.24, 2.45) is 5.73 Å². The van der Waals surface area contributed by atoms with E-state index in [-0.39, 0.29) is 11.7 Å². The van der Waals surface area contributed by atoms with E-state index in [0.29, 0.717) is 24.7 Å². The van der Waals surface area contributed by atoms with Crippen molar-refractivity contribution in [2.75, 3.05) is 12.3 Å². The number of nitriles is 1. The van der Waals surface area contributed by atoms with Gasteiger partial charge < -0.3 is 15.6 Å². The zero-order chi connectivity index (χ0) is 14.1. The van der Waals surface area contributed by atoms with Crippen LogP contribution >= 0.6 is 11.8 Å². The van der Waals surface area contributed by atoms with Crippen molar-refractivity contribution in [1.82, 2.24) is 20.1 Å². The smallest absolute Gasteiger partial charge is 0.230 e. The highest BCUT2D eigenvalue weighted by atomic mass is 32.2. The summed E-state index contributed by atoms with van der Waals surface area (Å²) in [4.78, 5) is 11.5. The number of thioether (sulfide) groups is 1. The van der Waals surface area contributed by atoms with Crippen molar-refractivity contribution in [3.05, 3.63) is 5.82 Å². The van der Waals surface area contributed by atoms with Crippen LogP contribution in [0.15, 0.2) is 5.16 Å². The van der Waals surface area contributed by atoms with E-state index in [1.807, 2.05) is 10.6 Å². The van der Waals surface area contributed by atoms with Gasteiger partial charge in [-0.1, -0.05) is 18.7 Å². The first-order chi connectivity index (χ1) is 9.22. The Bertz CT molecular complexity index is 453. The Balaban J connectivity index is 2.50. The summed E-state index contributed by atoms with van der Waals surface area (Å²) in [6, 6.07) is 1.97. The molecule has 1 amide bonds. The molecule has 0 spiro atoms. The fourth-order valence-corrected chi connectivity index (χ4v) is 2.28. The molecule has 0 aromatic carbocycles. The van der Waals surface area contributed by atoms with E-state index in [1.54, 1.807) is 0 Å². The molecule has 3 N–H and O–H groups in total. The first kappa shape index (κ1) is 15.5. The van der Waals surface area contributed by atoms with E-state index in [2.05, 4.69) is 22.4 Å². The summed E-state index contributed by atoms with van der Waals surface area (Å²) in [5.74, 6) is 0.882. The van der Waals surface area contributed by atoms with E-state index in [9.17, 15) is 4.79 Å². The minimum Gasteiger partial charge on any atom is -0.354 e. The summed E-state index contributed by atoms with van der Waals surface area (Å²) in [7, 11) is 0. The van der Waals surface area contributed by atoms with Gasteiger partial charge in [-0.05, 0) is 6.42 Å². The van der Waals surface area contributed by atoms with Crippen molar-refractivity contribution < 1.29 is 4.79 Å². The van der Waals surface area contributed by atoms with Crippen LogP contribution in [0.5, 0.6) is 0 Å². The molecule has 0 unspecified atom stereocenters. The molecule has 1 aromatic heterocycles. The number of aromatic nitrogens is 3. The molecular formula is C11H18N6OS. The van der Waals surface area contributed by atoms with Gasteiger partial charge in [0.25, 0.3) is 0 Å². The van der Waals surface area contributed by atoms with Crippen molar-refractivity contribution in [1.29, 1.82) is 5.26 Å². The molecule has 8 heteroatoms. The van der Waals surface area contributed by atoms with Crippen LogP contribution in [0.25, 0.3) is 0 Å². The molecule has 0 aliphatic rings. The zero-order valence-corrected chi connectivity index (χ0v) is 11.7. The van der Waals surface area contributed by atoms with Gasteiger partial charge in [0, 0.05) is 13.1 Å². The van der Waals surface area contributed by atoms with E-state index in [0.717, 1.165) is 18.8 Å². The van der Waals surface area contributed by atoms with Crippen molar-refractivity contribution >= 4 is 17.7 Å². The van der Waals surface area contributed by atoms with Gasteiger partial charge >= 0.3 is 0 Å². The van der Waals surface area contributed by atoms with Gasteiger partial charge in [0.15, 0.2) is 5.16 Å². The number of rotatable bonds is 8. The molecule has 1 heterocycles. The van der Waals surface area contributed by atoms with E-state index < -0.39 is 0 Å². The number of nitrogens with zero attached hydrogens (tertiary/aromatic N) is 4. The standard InChI is InChI=1S/C11H18N6OS/c1-2-6-17-9(7-13)15-16-11(17)19-8-10(18)14-5-3-4-12/h2-3,5-8,13H2,1H3,(H,14,18). The fourth-order valence-electron chi connectivity index (χ4n) is 1.46. The maximum absolute atomic E-state index is 11.5. The van der Waals surface area contributed by atoms with Crippen LogP contribution in [0.2, 0.25) is 0 Å². The summed E-state index contributed by atoms with van der Waals surface area (Å²) in [6.45, 7) is 3.56. The quantitative estimate of drug-likeness (QED) is 0.523. The second-order valence-electron chi connectivity index (χ2n) is 3.80. The molecule has 1 aromatic rings. The predicted octanol–water partition coefficient (Wildman–Crippen LogP) is 0.269. The number of nitrogens with one attached hydrogen (secondary N) is 1. The molecular weight excluding hydrogens is 264 g/mol. The lowest BCUT2D eigenvalue weighted by Crippen LogP contribution is -2.26. The van der Waals surface area contributed by atoms with Crippen LogP contribution in [-0.2, 0) is 17.9 Å². The summed E-state index contributed by atoms with van der Waals surface area (Å²) in [5.41, 5.74) is 5.59. The Labute approximate surface area is 116 Å². The van der Waals surface area contributed by atoms with Gasteiger partial charge in [0.2, 0.25) is 5.91 Å². The lowest BCUT2D eigenvalue weighted by molar-refractivity contribution is -0.118. The molecule has 0 aliphatic carbocycles. The monoisotopic (exact) mass is 282 g/mol. The molecule has 0 radical (unpaired) electrons. The highest BCUT2D eigenvalue weighted by Crippen LogP contribution is 2.17. The SMILES string of the molecule is CCCn1c(CN)nnc1SCC(=O)NCCC#N. The molecule has 0 fully saturated rings. The topological polar surface area (TPSA) is 110 Å². The summed E-state index contributed by atoms with van der Waals surface area (Å²) >= 11 is 1.33. The zero-order valence-electron chi connectivity index (χ0n) is 10.9. The molecule has 0 saturated carbocycles. The Kier molecular flexibility index (Phi) is 6.92. The van der Waals surface area contributed by atoms with Gasteiger partial charge in [-0.25, -0.2) is 0 Å². The van der Waals surface area contributed by atoms with Crippen LogP contribution in [0.3, 0.4) is 0 Å². The molecule has 7 nitrogen and oxygen atoms in total. The first-order valence-electron chi connectivity index (χ1n) is 6.11. The number of carbonyl (C=O) groups excluding carboxylic acids is 1. The average Bonchev–Trinajstić information content (AvgIpc) is 2.79. The minimum atomic E-state index is -0.111. The van der Waals surface area contributed by atoms with Gasteiger partial charge in [0.1, 0.15) is 5.82 Å². The average molecular weight is 282 g/mol. The number of hydrogen-bond donors (Lipinski definition) is 2. The molecule has 0 atom stereocenters. The lowest BCUT2D eigenvalue weighted by Gasteiger charge is -2.07. The molecule has 19 heavy (non-hydrogen) atoms. The van der Waals surface area contributed by atoms with Gasteiger partial charge in [-0.3, -0.25) is 4.79 Å². The van der Waals surface area contributed by atoms with Gasteiger partial charge in [0.05, 0.1) is 24.8 Å². The third-order valence-electron chi connectivity index (χ3n) is 2.31. The normalized spacial score (nSPS) is 10.2. The minimum absolute atomic E-state index is 0.111. The van der Waals surface area contributed by atoms with E-state index in [4.69, 9.17) is 11.0 Å². The Morgan fingerprint density at radius 2 is 2.37 bits per heavy atom. The van der Waals surface area contributed by atoms with E-state index in [1.165, 1.54) is 11.8 Å². The van der Waals surface area contributed by atoms with Crippen molar-refractivity contribution in [3.63, 3.8) is 0 Å². The van der Waals surface area contributed by atoms with Crippen LogP contribution in [0.1, 0.15) is 25.6 Å². The number of nitrogens with two attached hydrogens (primary N) is 1. The second-order valence-corrected chi connectivity index (χ2v) is 4.74. The van der Waals surface area contributed by atoms with Crippen LogP contribution in [0.4, 0.5) is 0 Å². The van der Waals surface area contributed by atoms with Crippen LogP contribution < -0.4 is 11.1 Å². The van der Waals surface area contributed by atoms with Crippen molar-refractivity contribution in [3.8, 4) is 6.07 Å². The Morgan fingerprint density at radius 3 is 3.00 bits per heavy atom. The first-order valence-corrected chi connectivity index (χ1v) is 7.10. The Hall–Kier alpha value is -1.59. The third kappa shape index (κ3) is 4.89. The highest BCUT2D eigenvalue weighted by Gasteiger charge is 2.12. The van der Waals surface area contributed by atoms with Gasteiger partial charge in [-0.2, -0.15) is 5.26 Å². The summed E-state index contributed by atoms with van der Waals surface area (Å²) < 4.78 is 1.94. The summed E-state index contributed by atoms with van der Waals surface area (Å²) in [5, 5.41) is 19.8. The molecule has 104 valence electrons.